The lowest BCUT2D eigenvalue weighted by atomic mass is 9.89. The maximum absolute atomic E-state index is 12.9. The first kappa shape index (κ1) is 27.6. The van der Waals surface area contributed by atoms with Crippen molar-refractivity contribution >= 4 is 23.6 Å². The monoisotopic (exact) mass is 508 g/mol. The van der Waals surface area contributed by atoms with E-state index in [-0.39, 0.29) is 0 Å². The summed E-state index contributed by atoms with van der Waals surface area (Å²) in [6.45, 7) is 10.2. The van der Waals surface area contributed by atoms with Crippen LogP contribution in [0, 0.1) is 12.3 Å². The highest BCUT2D eigenvalue weighted by Crippen LogP contribution is 2.25. The molecule has 0 spiro atoms. The molecule has 10 nitrogen and oxygen atoms in total. The standard InChI is InChI=1S/C27H36N6O4/c1-6-7-8-21(24(34)25(35)31-23-13-14-28-32-23)30-26(36)37-22(27(3,4)5)17-33-16-20(15-29-33)19-11-9-18(2)10-12-19/h9-16,21-22H,6-8,17H2,1-5H3,(H,30,36)(H2,28,31,32,35)/t21-,22+/m0/s1. The lowest BCUT2D eigenvalue weighted by Crippen LogP contribution is -2.48. The fourth-order valence-corrected chi connectivity index (χ4v) is 3.67. The highest BCUT2D eigenvalue weighted by Gasteiger charge is 2.32. The molecule has 0 unspecified atom stereocenters. The molecule has 2 aromatic heterocycles. The second-order valence-corrected chi connectivity index (χ2v) is 10.2. The summed E-state index contributed by atoms with van der Waals surface area (Å²) < 4.78 is 7.53. The normalized spacial score (nSPS) is 13.0. The predicted molar refractivity (Wildman–Crippen MR) is 141 cm³/mol. The Kier molecular flexibility index (Phi) is 9.21. The van der Waals surface area contributed by atoms with Crippen molar-refractivity contribution in [3.8, 4) is 11.1 Å². The summed E-state index contributed by atoms with van der Waals surface area (Å²) in [7, 11) is 0. The Bertz CT molecular complexity index is 1180. The van der Waals surface area contributed by atoms with Gasteiger partial charge in [-0.25, -0.2) is 4.79 Å². The Morgan fingerprint density at radius 2 is 1.84 bits per heavy atom. The molecule has 3 aromatic rings. The van der Waals surface area contributed by atoms with Crippen molar-refractivity contribution in [1.29, 1.82) is 0 Å². The number of hydrogen-bond acceptors (Lipinski definition) is 6. The average Bonchev–Trinajstić information content (AvgIpc) is 3.53. The first-order valence-corrected chi connectivity index (χ1v) is 12.5. The van der Waals surface area contributed by atoms with E-state index in [1.165, 1.54) is 17.8 Å². The molecule has 2 heterocycles. The fourth-order valence-electron chi connectivity index (χ4n) is 3.67. The number of nitrogens with one attached hydrogen (secondary N) is 3. The van der Waals surface area contributed by atoms with Gasteiger partial charge in [0.1, 0.15) is 18.0 Å². The highest BCUT2D eigenvalue weighted by molar-refractivity contribution is 6.42. The van der Waals surface area contributed by atoms with E-state index in [2.05, 4.69) is 25.9 Å². The third-order valence-electron chi connectivity index (χ3n) is 6.01. The molecule has 2 amide bonds. The van der Waals surface area contributed by atoms with Crippen molar-refractivity contribution in [1.82, 2.24) is 25.3 Å². The molecule has 1 aromatic carbocycles. The largest absolute Gasteiger partial charge is 0.444 e. The zero-order valence-corrected chi connectivity index (χ0v) is 22.1. The predicted octanol–water partition coefficient (Wildman–Crippen LogP) is 4.49. The van der Waals surface area contributed by atoms with Crippen LogP contribution in [-0.2, 0) is 20.9 Å². The van der Waals surface area contributed by atoms with Gasteiger partial charge in [-0.2, -0.15) is 10.2 Å². The van der Waals surface area contributed by atoms with Gasteiger partial charge in [0.15, 0.2) is 0 Å². The molecule has 0 aliphatic heterocycles. The number of rotatable bonds is 11. The first-order valence-electron chi connectivity index (χ1n) is 12.5. The molecule has 3 N–H and O–H groups in total. The number of H-pyrrole nitrogens is 1. The second kappa shape index (κ2) is 12.3. The van der Waals surface area contributed by atoms with E-state index >= 15 is 0 Å². The number of carbonyl (C=O) groups is 3. The van der Waals surface area contributed by atoms with E-state index in [0.717, 1.165) is 17.5 Å². The number of Topliss-reactive ketones (excluding diaryl/α,β-unsaturated/α-hetero) is 1. The van der Waals surface area contributed by atoms with Gasteiger partial charge < -0.3 is 15.4 Å². The number of aromatic amines is 1. The van der Waals surface area contributed by atoms with Crippen molar-refractivity contribution in [2.24, 2.45) is 5.41 Å². The zero-order valence-electron chi connectivity index (χ0n) is 22.1. The van der Waals surface area contributed by atoms with Gasteiger partial charge in [-0.05, 0) is 18.9 Å². The summed E-state index contributed by atoms with van der Waals surface area (Å²) in [6.07, 6.45) is 5.64. The molecule has 0 fully saturated rings. The molecular weight excluding hydrogens is 472 g/mol. The number of alkyl carbamates (subject to hydrolysis) is 1. The third-order valence-corrected chi connectivity index (χ3v) is 6.01. The van der Waals surface area contributed by atoms with Gasteiger partial charge in [0.2, 0.25) is 5.78 Å². The average molecular weight is 509 g/mol. The van der Waals surface area contributed by atoms with Crippen LogP contribution in [0.1, 0.15) is 52.5 Å². The lowest BCUT2D eigenvalue weighted by Gasteiger charge is -2.30. The van der Waals surface area contributed by atoms with Crippen molar-refractivity contribution in [2.75, 3.05) is 5.32 Å². The van der Waals surface area contributed by atoms with E-state index in [4.69, 9.17) is 4.74 Å². The number of hydrogen-bond donors (Lipinski definition) is 3. The van der Waals surface area contributed by atoms with Gasteiger partial charge in [0.25, 0.3) is 5.91 Å². The van der Waals surface area contributed by atoms with Crippen LogP contribution in [0.3, 0.4) is 0 Å². The van der Waals surface area contributed by atoms with E-state index < -0.39 is 35.3 Å². The van der Waals surface area contributed by atoms with Gasteiger partial charge >= 0.3 is 6.09 Å². The Hall–Kier alpha value is -3.95. The molecule has 37 heavy (non-hydrogen) atoms. The third kappa shape index (κ3) is 8.03. The zero-order chi connectivity index (χ0) is 27.0. The van der Waals surface area contributed by atoms with Crippen molar-refractivity contribution in [3.05, 3.63) is 54.5 Å². The summed E-state index contributed by atoms with van der Waals surface area (Å²) in [5.74, 6) is -1.28. The minimum absolute atomic E-state index is 0.298. The molecule has 3 rings (SSSR count). The summed E-state index contributed by atoms with van der Waals surface area (Å²) in [5.41, 5.74) is 2.78. The number of benzene rings is 1. The molecule has 0 bridgehead atoms. The number of aryl methyl sites for hydroxylation is 1. The number of ether oxygens (including phenoxy) is 1. The van der Waals surface area contributed by atoms with E-state index in [1.54, 1.807) is 10.9 Å². The van der Waals surface area contributed by atoms with Crippen LogP contribution in [0.2, 0.25) is 0 Å². The van der Waals surface area contributed by atoms with Crippen LogP contribution in [0.25, 0.3) is 11.1 Å². The van der Waals surface area contributed by atoms with Crippen LogP contribution in [0.5, 0.6) is 0 Å². The molecular formula is C27H36N6O4. The highest BCUT2D eigenvalue weighted by atomic mass is 16.6. The minimum atomic E-state index is -1.01. The van der Waals surface area contributed by atoms with E-state index in [1.807, 2.05) is 65.1 Å². The van der Waals surface area contributed by atoms with Crippen LogP contribution in [0.15, 0.2) is 48.9 Å². The molecule has 198 valence electrons. The summed E-state index contributed by atoms with van der Waals surface area (Å²) in [6, 6.07) is 8.69. The maximum Gasteiger partial charge on any atom is 0.408 e. The van der Waals surface area contributed by atoms with Crippen molar-refractivity contribution < 1.29 is 19.1 Å². The molecule has 0 saturated heterocycles. The summed E-state index contributed by atoms with van der Waals surface area (Å²) in [4.78, 5) is 38.2. The molecule has 0 aliphatic carbocycles. The number of aromatic nitrogens is 4. The number of ketones is 1. The van der Waals surface area contributed by atoms with E-state index in [9.17, 15) is 14.4 Å². The Morgan fingerprint density at radius 1 is 1.11 bits per heavy atom. The van der Waals surface area contributed by atoms with Gasteiger partial charge in [0, 0.05) is 23.2 Å². The van der Waals surface area contributed by atoms with Gasteiger partial charge in [-0.1, -0.05) is 70.4 Å². The SMILES string of the molecule is CCCC[C@H](NC(=O)O[C@H](Cn1cc(-c2ccc(C)cc2)cn1)C(C)(C)C)C(=O)C(=O)Nc1ccn[nH]1. The van der Waals surface area contributed by atoms with Gasteiger partial charge in [-0.15, -0.1) is 0 Å². The Morgan fingerprint density at radius 3 is 2.46 bits per heavy atom. The molecule has 0 saturated carbocycles. The van der Waals surface area contributed by atoms with Crippen LogP contribution in [-0.4, -0.2) is 49.9 Å². The molecule has 0 radical (unpaired) electrons. The number of carbonyl (C=O) groups excluding carboxylic acids is 3. The molecule has 2 atom stereocenters. The molecule has 0 aliphatic rings. The van der Waals surface area contributed by atoms with Crippen LogP contribution < -0.4 is 10.6 Å². The molecule has 10 heteroatoms. The lowest BCUT2D eigenvalue weighted by molar-refractivity contribution is -0.136. The minimum Gasteiger partial charge on any atom is -0.444 e. The summed E-state index contributed by atoms with van der Waals surface area (Å²) >= 11 is 0. The number of amides is 2. The maximum atomic E-state index is 12.9. The smallest absolute Gasteiger partial charge is 0.408 e. The topological polar surface area (TPSA) is 131 Å². The number of anilines is 1. The van der Waals surface area contributed by atoms with Gasteiger partial charge in [0.05, 0.1) is 18.9 Å². The van der Waals surface area contributed by atoms with Crippen LogP contribution >= 0.6 is 0 Å². The van der Waals surface area contributed by atoms with Crippen LogP contribution in [0.4, 0.5) is 10.6 Å². The van der Waals surface area contributed by atoms with Crippen molar-refractivity contribution in [3.63, 3.8) is 0 Å². The van der Waals surface area contributed by atoms with Crippen molar-refractivity contribution in [2.45, 2.75) is 72.6 Å². The van der Waals surface area contributed by atoms with Gasteiger partial charge in [-0.3, -0.25) is 19.4 Å². The summed E-state index contributed by atoms with van der Waals surface area (Å²) in [5, 5.41) is 15.8. The van der Waals surface area contributed by atoms with E-state index in [0.29, 0.717) is 25.2 Å². The Labute approximate surface area is 217 Å². The Balaban J connectivity index is 1.67. The first-order chi connectivity index (χ1) is 17.6. The number of unbranched alkanes of at least 4 members (excludes halogenated alkanes) is 1. The second-order valence-electron chi connectivity index (χ2n) is 10.2. The quantitative estimate of drug-likeness (QED) is 0.327. The number of nitrogens with zero attached hydrogens (tertiary/aromatic N) is 3. The fraction of sp³-hybridized carbons (Fsp3) is 0.444.